The highest BCUT2D eigenvalue weighted by Gasteiger charge is 2.41. The molecule has 1 aromatic carbocycles. The number of rotatable bonds is 4. The van der Waals surface area contributed by atoms with Crippen molar-refractivity contribution in [2.45, 2.75) is 25.4 Å². The van der Waals surface area contributed by atoms with E-state index in [4.69, 9.17) is 4.74 Å². The normalized spacial score (nSPS) is 28.2. The summed E-state index contributed by atoms with van der Waals surface area (Å²) < 4.78 is 5.96. The van der Waals surface area contributed by atoms with Crippen LogP contribution in [0.5, 0.6) is 0 Å². The minimum atomic E-state index is 0.128. The van der Waals surface area contributed by atoms with Gasteiger partial charge in [0, 0.05) is 52.2 Å². The first-order valence-electron chi connectivity index (χ1n) is 8.74. The standard InChI is InChI=1S/C19H28N2O2/c1-20(2)19(22)16-10-13-23-18-9-12-21(14-17(16)18)11-8-15-6-4-3-5-7-15/h3-7,16-18H,8-14H2,1-2H3/t16-,17-,18-/m1/s1. The Morgan fingerprint density at radius 2 is 2.04 bits per heavy atom. The van der Waals surface area contributed by atoms with Crippen LogP contribution in [0, 0.1) is 11.8 Å². The molecule has 1 aromatic rings. The Balaban J connectivity index is 1.60. The van der Waals surface area contributed by atoms with Gasteiger partial charge in [-0.1, -0.05) is 30.3 Å². The van der Waals surface area contributed by atoms with E-state index in [1.54, 1.807) is 4.90 Å². The van der Waals surface area contributed by atoms with Crippen LogP contribution in [-0.2, 0) is 16.0 Å². The maximum Gasteiger partial charge on any atom is 0.225 e. The number of amides is 1. The summed E-state index contributed by atoms with van der Waals surface area (Å²) in [4.78, 5) is 16.7. The largest absolute Gasteiger partial charge is 0.378 e. The second-order valence-corrected chi connectivity index (χ2v) is 7.03. The van der Waals surface area contributed by atoms with Gasteiger partial charge in [0.1, 0.15) is 0 Å². The van der Waals surface area contributed by atoms with Gasteiger partial charge >= 0.3 is 0 Å². The lowest BCUT2D eigenvalue weighted by Crippen LogP contribution is -2.53. The van der Waals surface area contributed by atoms with Crippen molar-refractivity contribution < 1.29 is 9.53 Å². The van der Waals surface area contributed by atoms with Gasteiger partial charge in [-0.2, -0.15) is 0 Å². The molecule has 0 unspecified atom stereocenters. The molecule has 3 atom stereocenters. The van der Waals surface area contributed by atoms with Gasteiger partial charge in [0.25, 0.3) is 0 Å². The summed E-state index contributed by atoms with van der Waals surface area (Å²) in [7, 11) is 3.73. The van der Waals surface area contributed by atoms with Gasteiger partial charge in [-0.3, -0.25) is 4.79 Å². The number of fused-ring (bicyclic) bond motifs is 1. The quantitative estimate of drug-likeness (QED) is 0.852. The van der Waals surface area contributed by atoms with E-state index in [0.717, 1.165) is 45.5 Å². The highest BCUT2D eigenvalue weighted by Crippen LogP contribution is 2.34. The van der Waals surface area contributed by atoms with E-state index >= 15 is 0 Å². The fourth-order valence-electron chi connectivity index (χ4n) is 3.96. The predicted octanol–water partition coefficient (Wildman–Crippen LogP) is 2.04. The van der Waals surface area contributed by atoms with Crippen LogP contribution in [0.4, 0.5) is 0 Å². The van der Waals surface area contributed by atoms with E-state index in [1.807, 2.05) is 14.1 Å². The molecular formula is C19H28N2O2. The maximum atomic E-state index is 12.5. The monoisotopic (exact) mass is 316 g/mol. The van der Waals surface area contributed by atoms with Crippen LogP contribution in [0.15, 0.2) is 30.3 Å². The van der Waals surface area contributed by atoms with Gasteiger partial charge < -0.3 is 14.5 Å². The number of nitrogens with zero attached hydrogens (tertiary/aromatic N) is 2. The zero-order valence-corrected chi connectivity index (χ0v) is 14.3. The Bertz CT molecular complexity index is 517. The summed E-state index contributed by atoms with van der Waals surface area (Å²) in [5, 5.41) is 0. The van der Waals surface area contributed by atoms with Crippen LogP contribution in [0.3, 0.4) is 0 Å². The van der Waals surface area contributed by atoms with E-state index in [0.29, 0.717) is 5.92 Å². The fourth-order valence-corrected chi connectivity index (χ4v) is 3.96. The molecule has 0 saturated carbocycles. The number of hydrogen-bond donors (Lipinski definition) is 0. The molecule has 2 fully saturated rings. The summed E-state index contributed by atoms with van der Waals surface area (Å²) in [6, 6.07) is 10.6. The van der Waals surface area contributed by atoms with E-state index in [9.17, 15) is 4.79 Å². The van der Waals surface area contributed by atoms with Crippen molar-refractivity contribution in [2.75, 3.05) is 40.3 Å². The molecule has 0 spiro atoms. The van der Waals surface area contributed by atoms with Crippen molar-refractivity contribution in [3.05, 3.63) is 35.9 Å². The van der Waals surface area contributed by atoms with Gasteiger partial charge in [-0.05, 0) is 24.8 Å². The molecule has 4 heteroatoms. The Kier molecular flexibility index (Phi) is 5.34. The van der Waals surface area contributed by atoms with Crippen molar-refractivity contribution in [2.24, 2.45) is 11.8 Å². The van der Waals surface area contributed by atoms with Gasteiger partial charge in [0.05, 0.1) is 6.10 Å². The number of carbonyl (C=O) groups excluding carboxylic acids is 1. The third-order valence-corrected chi connectivity index (χ3v) is 5.27. The van der Waals surface area contributed by atoms with Crippen LogP contribution in [0.25, 0.3) is 0 Å². The minimum Gasteiger partial charge on any atom is -0.378 e. The van der Waals surface area contributed by atoms with Crippen LogP contribution in [-0.4, -0.2) is 62.1 Å². The van der Waals surface area contributed by atoms with Crippen molar-refractivity contribution in [3.63, 3.8) is 0 Å². The number of hydrogen-bond acceptors (Lipinski definition) is 3. The lowest BCUT2D eigenvalue weighted by atomic mass is 9.78. The summed E-state index contributed by atoms with van der Waals surface area (Å²) in [6.45, 7) is 3.87. The number of piperidine rings is 1. The lowest BCUT2D eigenvalue weighted by molar-refractivity contribution is -0.149. The first kappa shape index (κ1) is 16.5. The molecule has 3 rings (SSSR count). The molecule has 2 aliphatic rings. The van der Waals surface area contributed by atoms with Crippen LogP contribution >= 0.6 is 0 Å². The highest BCUT2D eigenvalue weighted by molar-refractivity contribution is 5.78. The first-order valence-corrected chi connectivity index (χ1v) is 8.74. The Morgan fingerprint density at radius 1 is 1.26 bits per heavy atom. The molecule has 0 aliphatic carbocycles. The topological polar surface area (TPSA) is 32.8 Å². The van der Waals surface area contributed by atoms with Gasteiger partial charge in [-0.15, -0.1) is 0 Å². The second-order valence-electron chi connectivity index (χ2n) is 7.03. The highest BCUT2D eigenvalue weighted by atomic mass is 16.5. The van der Waals surface area contributed by atoms with Crippen molar-refractivity contribution in [1.82, 2.24) is 9.80 Å². The van der Waals surface area contributed by atoms with E-state index < -0.39 is 0 Å². The molecule has 0 bridgehead atoms. The zero-order chi connectivity index (χ0) is 16.2. The molecule has 0 radical (unpaired) electrons. The molecule has 0 N–H and O–H groups in total. The molecule has 4 nitrogen and oxygen atoms in total. The molecule has 23 heavy (non-hydrogen) atoms. The Labute approximate surface area is 139 Å². The van der Waals surface area contributed by atoms with Crippen LogP contribution in [0.1, 0.15) is 18.4 Å². The first-order chi connectivity index (χ1) is 11.1. The van der Waals surface area contributed by atoms with E-state index in [1.165, 1.54) is 5.56 Å². The summed E-state index contributed by atoms with van der Waals surface area (Å²) in [6.07, 6.45) is 3.26. The van der Waals surface area contributed by atoms with E-state index in [2.05, 4.69) is 35.2 Å². The molecule has 1 amide bonds. The smallest absolute Gasteiger partial charge is 0.225 e. The van der Waals surface area contributed by atoms with Gasteiger partial charge in [-0.25, -0.2) is 0 Å². The minimum absolute atomic E-state index is 0.128. The fraction of sp³-hybridized carbons (Fsp3) is 0.632. The molecule has 2 saturated heterocycles. The summed E-state index contributed by atoms with van der Waals surface area (Å²) in [5.41, 5.74) is 1.38. The van der Waals surface area contributed by atoms with Gasteiger partial charge in [0.15, 0.2) is 0 Å². The molecule has 2 aliphatic heterocycles. The second kappa shape index (κ2) is 7.45. The Hall–Kier alpha value is -1.39. The maximum absolute atomic E-state index is 12.5. The van der Waals surface area contributed by atoms with Crippen LogP contribution < -0.4 is 0 Å². The number of likely N-dealkylation sites (tertiary alicyclic amines) is 1. The van der Waals surface area contributed by atoms with Crippen LogP contribution in [0.2, 0.25) is 0 Å². The number of carbonyl (C=O) groups is 1. The lowest BCUT2D eigenvalue weighted by Gasteiger charge is -2.45. The summed E-state index contributed by atoms with van der Waals surface area (Å²) >= 11 is 0. The average Bonchev–Trinajstić information content (AvgIpc) is 2.59. The molecule has 126 valence electrons. The Morgan fingerprint density at radius 3 is 2.78 bits per heavy atom. The molecular weight excluding hydrogens is 288 g/mol. The van der Waals surface area contributed by atoms with E-state index in [-0.39, 0.29) is 17.9 Å². The summed E-state index contributed by atoms with van der Waals surface area (Å²) in [5.74, 6) is 0.750. The zero-order valence-electron chi connectivity index (χ0n) is 14.3. The van der Waals surface area contributed by atoms with Crippen molar-refractivity contribution >= 4 is 5.91 Å². The molecule has 2 heterocycles. The van der Waals surface area contributed by atoms with Crippen molar-refractivity contribution in [3.8, 4) is 0 Å². The predicted molar refractivity (Wildman–Crippen MR) is 91.2 cm³/mol. The molecule has 0 aromatic heterocycles. The number of benzene rings is 1. The third kappa shape index (κ3) is 3.93. The van der Waals surface area contributed by atoms with Crippen molar-refractivity contribution in [1.29, 1.82) is 0 Å². The van der Waals surface area contributed by atoms with Gasteiger partial charge in [0.2, 0.25) is 5.91 Å². The number of ether oxygens (including phenoxy) is 1. The SMILES string of the molecule is CN(C)C(=O)[C@@H]1CCO[C@@H]2CCN(CCc3ccccc3)C[C@@H]21. The third-order valence-electron chi connectivity index (χ3n) is 5.27. The average molecular weight is 316 g/mol.